The largest absolute Gasteiger partial charge is 0.416 e. The third-order valence-corrected chi connectivity index (χ3v) is 4.33. The van der Waals surface area contributed by atoms with Gasteiger partial charge < -0.3 is 9.88 Å². The molecule has 0 saturated heterocycles. The summed E-state index contributed by atoms with van der Waals surface area (Å²) >= 11 is 0. The summed E-state index contributed by atoms with van der Waals surface area (Å²) in [5.74, 6) is 0.495. The van der Waals surface area contributed by atoms with Crippen LogP contribution in [0.2, 0.25) is 0 Å². The molecule has 1 fully saturated rings. The summed E-state index contributed by atoms with van der Waals surface area (Å²) in [6.07, 6.45) is 0.899. The van der Waals surface area contributed by atoms with Crippen LogP contribution in [0, 0.1) is 12.8 Å². The highest BCUT2D eigenvalue weighted by Crippen LogP contribution is 2.40. The molecular formula is C17H18F3N3O. The molecule has 24 heavy (non-hydrogen) atoms. The smallest absolute Gasteiger partial charge is 0.342 e. The number of hydrogen-bond donors (Lipinski definition) is 1. The average molecular weight is 337 g/mol. The topological polar surface area (TPSA) is 46.9 Å². The second-order valence-corrected chi connectivity index (χ2v) is 6.21. The Kier molecular flexibility index (Phi) is 4.11. The molecule has 0 unspecified atom stereocenters. The second-order valence-electron chi connectivity index (χ2n) is 6.21. The van der Waals surface area contributed by atoms with Crippen molar-refractivity contribution in [1.29, 1.82) is 0 Å². The van der Waals surface area contributed by atoms with Crippen LogP contribution < -0.4 is 5.32 Å². The van der Waals surface area contributed by atoms with Crippen molar-refractivity contribution in [1.82, 2.24) is 14.9 Å². The van der Waals surface area contributed by atoms with Gasteiger partial charge in [-0.05, 0) is 43.4 Å². The van der Waals surface area contributed by atoms with Crippen molar-refractivity contribution in [2.24, 2.45) is 13.0 Å². The van der Waals surface area contributed by atoms with Gasteiger partial charge in [-0.15, -0.1) is 0 Å². The second kappa shape index (κ2) is 5.96. The predicted molar refractivity (Wildman–Crippen MR) is 82.3 cm³/mol. The number of carbonyl (C=O) groups excluding carboxylic acids is 1. The minimum atomic E-state index is -4.47. The van der Waals surface area contributed by atoms with Crippen LogP contribution in [0.1, 0.15) is 46.2 Å². The lowest BCUT2D eigenvalue weighted by molar-refractivity contribution is -0.137. The van der Waals surface area contributed by atoms with E-state index in [-0.39, 0.29) is 17.5 Å². The molecule has 1 amide bonds. The van der Waals surface area contributed by atoms with Crippen LogP contribution in [0.3, 0.4) is 0 Å². The van der Waals surface area contributed by atoms with E-state index < -0.39 is 17.6 Å². The highest BCUT2D eigenvalue weighted by atomic mass is 19.4. The Morgan fingerprint density at radius 2 is 2.08 bits per heavy atom. The van der Waals surface area contributed by atoms with Crippen molar-refractivity contribution in [2.75, 3.05) is 0 Å². The van der Waals surface area contributed by atoms with Crippen LogP contribution in [0.25, 0.3) is 0 Å². The van der Waals surface area contributed by atoms with E-state index in [2.05, 4.69) is 10.3 Å². The van der Waals surface area contributed by atoms with Gasteiger partial charge in [0.15, 0.2) is 0 Å². The van der Waals surface area contributed by atoms with Crippen LogP contribution in [0.4, 0.5) is 13.2 Å². The van der Waals surface area contributed by atoms with Gasteiger partial charge in [-0.3, -0.25) is 4.79 Å². The molecule has 1 heterocycles. The van der Waals surface area contributed by atoms with Gasteiger partial charge in [0, 0.05) is 25.0 Å². The molecule has 4 nitrogen and oxygen atoms in total. The summed E-state index contributed by atoms with van der Waals surface area (Å²) < 4.78 is 40.5. The first-order valence-corrected chi connectivity index (χ1v) is 7.73. The molecule has 0 radical (unpaired) electrons. The molecule has 1 saturated carbocycles. The molecule has 1 atom stereocenters. The Hall–Kier alpha value is -2.31. The summed E-state index contributed by atoms with van der Waals surface area (Å²) in [5.41, 5.74) is -0.266. The average Bonchev–Trinajstić information content (AvgIpc) is 3.26. The van der Waals surface area contributed by atoms with E-state index in [1.165, 1.54) is 6.07 Å². The number of carbonyl (C=O) groups is 1. The first-order chi connectivity index (χ1) is 11.3. The van der Waals surface area contributed by atoms with Crippen molar-refractivity contribution in [3.05, 3.63) is 53.1 Å². The number of benzene rings is 1. The van der Waals surface area contributed by atoms with E-state index in [1.807, 2.05) is 11.6 Å². The fourth-order valence-electron chi connectivity index (χ4n) is 2.76. The van der Waals surface area contributed by atoms with Gasteiger partial charge in [0.25, 0.3) is 5.91 Å². The maximum atomic E-state index is 12.9. The normalized spacial score (nSPS) is 16.0. The lowest BCUT2D eigenvalue weighted by Crippen LogP contribution is -2.32. The number of amides is 1. The minimum Gasteiger partial charge on any atom is -0.342 e. The van der Waals surface area contributed by atoms with Crippen LogP contribution in [-0.4, -0.2) is 15.5 Å². The number of rotatable bonds is 4. The Morgan fingerprint density at radius 3 is 2.62 bits per heavy atom. The van der Waals surface area contributed by atoms with Crippen LogP contribution in [0.5, 0.6) is 0 Å². The van der Waals surface area contributed by atoms with Crippen molar-refractivity contribution < 1.29 is 18.0 Å². The molecule has 0 aliphatic heterocycles. The van der Waals surface area contributed by atoms with Gasteiger partial charge >= 0.3 is 6.18 Å². The van der Waals surface area contributed by atoms with E-state index in [0.717, 1.165) is 30.8 Å². The highest BCUT2D eigenvalue weighted by Gasteiger charge is 2.36. The van der Waals surface area contributed by atoms with Crippen LogP contribution in [0.15, 0.2) is 30.6 Å². The lowest BCUT2D eigenvalue weighted by atomic mass is 10.0. The SMILES string of the molecule is Cc1ccc(C(F)(F)F)cc1C(=O)N[C@H](c1nccn1C)C1CC1. The molecular weight excluding hydrogens is 319 g/mol. The standard InChI is InChI=1S/C17H18F3N3O/c1-10-3-6-12(17(18,19)20)9-13(10)16(24)22-14(11-4-5-11)15-21-7-8-23(15)2/h3,6-9,11,14H,4-5H2,1-2H3,(H,22,24)/t14-/m0/s1. The van der Waals surface area contributed by atoms with Gasteiger partial charge in [0.1, 0.15) is 5.82 Å². The van der Waals surface area contributed by atoms with Crippen molar-refractivity contribution in [2.45, 2.75) is 32.0 Å². The molecule has 1 aliphatic rings. The van der Waals surface area contributed by atoms with Gasteiger partial charge in [-0.25, -0.2) is 4.98 Å². The summed E-state index contributed by atoms with van der Waals surface area (Å²) in [6, 6.07) is 2.94. The fourth-order valence-corrected chi connectivity index (χ4v) is 2.76. The molecule has 1 aromatic heterocycles. The van der Waals surface area contributed by atoms with Crippen LogP contribution >= 0.6 is 0 Å². The summed E-state index contributed by atoms with van der Waals surface area (Å²) in [7, 11) is 1.83. The zero-order chi connectivity index (χ0) is 17.5. The number of halogens is 3. The van der Waals surface area contributed by atoms with Crippen LogP contribution in [-0.2, 0) is 13.2 Å². The molecule has 1 N–H and O–H groups in total. The van der Waals surface area contributed by atoms with Crippen molar-refractivity contribution in [3.8, 4) is 0 Å². The first-order valence-electron chi connectivity index (χ1n) is 7.73. The van der Waals surface area contributed by atoms with Crippen molar-refractivity contribution >= 4 is 5.91 Å². The molecule has 7 heteroatoms. The van der Waals surface area contributed by atoms with E-state index in [0.29, 0.717) is 5.56 Å². The number of aryl methyl sites for hydroxylation is 2. The van der Waals surface area contributed by atoms with Crippen molar-refractivity contribution in [3.63, 3.8) is 0 Å². The minimum absolute atomic E-state index is 0.0460. The van der Waals surface area contributed by atoms with E-state index in [1.54, 1.807) is 19.3 Å². The molecule has 0 bridgehead atoms. The highest BCUT2D eigenvalue weighted by molar-refractivity contribution is 5.96. The van der Waals surface area contributed by atoms with Gasteiger partial charge in [0.2, 0.25) is 0 Å². The third-order valence-electron chi connectivity index (χ3n) is 4.33. The van der Waals surface area contributed by atoms with Gasteiger partial charge in [-0.2, -0.15) is 13.2 Å². The van der Waals surface area contributed by atoms with Gasteiger partial charge in [-0.1, -0.05) is 6.07 Å². The Bertz CT molecular complexity index is 763. The zero-order valence-electron chi connectivity index (χ0n) is 13.4. The third kappa shape index (κ3) is 3.29. The number of imidazole rings is 1. The quantitative estimate of drug-likeness (QED) is 0.926. The number of nitrogens with zero attached hydrogens (tertiary/aromatic N) is 2. The fraction of sp³-hybridized carbons (Fsp3) is 0.412. The molecule has 3 rings (SSSR count). The maximum Gasteiger partial charge on any atom is 0.416 e. The van der Waals surface area contributed by atoms with E-state index >= 15 is 0 Å². The Labute approximate surface area is 137 Å². The molecule has 1 aromatic carbocycles. The number of nitrogens with one attached hydrogen (secondary N) is 1. The molecule has 1 aliphatic carbocycles. The monoisotopic (exact) mass is 337 g/mol. The first kappa shape index (κ1) is 16.5. The lowest BCUT2D eigenvalue weighted by Gasteiger charge is -2.19. The van der Waals surface area contributed by atoms with E-state index in [9.17, 15) is 18.0 Å². The molecule has 0 spiro atoms. The number of hydrogen-bond acceptors (Lipinski definition) is 2. The maximum absolute atomic E-state index is 12.9. The number of aromatic nitrogens is 2. The van der Waals surface area contributed by atoms with E-state index in [4.69, 9.17) is 0 Å². The predicted octanol–water partition coefficient (Wildman–Crippen LogP) is 3.63. The molecule has 2 aromatic rings. The number of alkyl halides is 3. The summed E-state index contributed by atoms with van der Waals surface area (Å²) in [6.45, 7) is 1.63. The van der Waals surface area contributed by atoms with Gasteiger partial charge in [0.05, 0.1) is 11.6 Å². The summed E-state index contributed by atoms with van der Waals surface area (Å²) in [4.78, 5) is 16.8. The zero-order valence-corrected chi connectivity index (χ0v) is 13.4. The Balaban J connectivity index is 1.87. The summed E-state index contributed by atoms with van der Waals surface area (Å²) in [5, 5.41) is 2.87. The molecule has 128 valence electrons. The Morgan fingerprint density at radius 1 is 1.38 bits per heavy atom.